The summed E-state index contributed by atoms with van der Waals surface area (Å²) in [7, 11) is 4.64. The molecule has 0 radical (unpaired) electrons. The molecule has 10 heteroatoms. The molecule has 1 atom stereocenters. The summed E-state index contributed by atoms with van der Waals surface area (Å²) in [6, 6.07) is 13.0. The zero-order chi connectivity index (χ0) is 30.2. The fourth-order valence-corrected chi connectivity index (χ4v) is 5.21. The van der Waals surface area contributed by atoms with E-state index in [4.69, 9.17) is 28.4 Å². The summed E-state index contributed by atoms with van der Waals surface area (Å²) in [5.41, 5.74) is 1.16. The highest BCUT2D eigenvalue weighted by Crippen LogP contribution is 2.38. The Kier molecular flexibility index (Phi) is 9.86. The highest BCUT2D eigenvalue weighted by molar-refractivity contribution is 6.03. The number of benzene rings is 3. The van der Waals surface area contributed by atoms with Crippen LogP contribution >= 0.6 is 0 Å². The van der Waals surface area contributed by atoms with E-state index < -0.39 is 5.82 Å². The van der Waals surface area contributed by atoms with E-state index in [0.29, 0.717) is 59.0 Å². The number of unbranched alkanes of at least 4 members (excludes halogenated alkanes) is 3. The van der Waals surface area contributed by atoms with Crippen molar-refractivity contribution in [3.63, 3.8) is 0 Å². The maximum Gasteiger partial charge on any atom is 0.256 e. The van der Waals surface area contributed by atoms with Gasteiger partial charge in [-0.25, -0.2) is 4.39 Å². The smallest absolute Gasteiger partial charge is 0.256 e. The molecule has 0 spiro atoms. The summed E-state index contributed by atoms with van der Waals surface area (Å²) in [6.45, 7) is 1.75. The number of halogens is 1. The quantitative estimate of drug-likeness (QED) is 0.187. The van der Waals surface area contributed by atoms with Gasteiger partial charge >= 0.3 is 0 Å². The molecular weight excluding hydrogens is 555 g/mol. The summed E-state index contributed by atoms with van der Waals surface area (Å²) in [5, 5.41) is 0. The molecule has 9 nitrogen and oxygen atoms in total. The minimum Gasteiger partial charge on any atom is -0.493 e. The van der Waals surface area contributed by atoms with Gasteiger partial charge in [-0.2, -0.15) is 0 Å². The lowest BCUT2D eigenvalue weighted by Gasteiger charge is -2.20. The van der Waals surface area contributed by atoms with Crippen molar-refractivity contribution in [1.82, 2.24) is 4.90 Å². The lowest BCUT2D eigenvalue weighted by Crippen LogP contribution is -2.35. The summed E-state index contributed by atoms with van der Waals surface area (Å²) < 4.78 is 48.0. The second-order valence-electron chi connectivity index (χ2n) is 10.3. The molecule has 1 fully saturated rings. The fraction of sp³-hybridized carbons (Fsp3) is 0.394. The van der Waals surface area contributed by atoms with Crippen LogP contribution in [0.25, 0.3) is 0 Å². The molecular formula is C33H37FN2O7. The lowest BCUT2D eigenvalue weighted by molar-refractivity contribution is 0.0774. The number of fused-ring (bicyclic) bond motifs is 2. The van der Waals surface area contributed by atoms with Crippen LogP contribution < -0.4 is 28.4 Å². The SMILES string of the molecule is COc1ccc(Oc2cc(OCCCCCCOc3cc4c(cc3OC)C(=O)N3CCC[C@H]3C=N4)ccc2F)cc1OC. The molecule has 0 saturated carbocycles. The van der Waals surface area contributed by atoms with Crippen LogP contribution in [0.5, 0.6) is 40.2 Å². The van der Waals surface area contributed by atoms with E-state index in [1.807, 2.05) is 11.1 Å². The standard InChI is InChI=1S/C33H37FN2O7/c1-38-28-13-11-24(18-30(28)39-2)43-29-17-23(10-12-26(29)34)41-15-6-4-5-7-16-42-32-20-27-25(19-31(32)40-3)33(37)36-14-8-9-22(36)21-35-27/h10-13,17-22H,4-9,14-16H2,1-3H3/t22-/m0/s1. The monoisotopic (exact) mass is 592 g/mol. The van der Waals surface area contributed by atoms with E-state index in [2.05, 4.69) is 4.99 Å². The van der Waals surface area contributed by atoms with Crippen molar-refractivity contribution in [3.8, 4) is 40.2 Å². The third kappa shape index (κ3) is 7.13. The molecule has 0 aliphatic carbocycles. The first-order valence-electron chi connectivity index (χ1n) is 14.5. The molecule has 43 heavy (non-hydrogen) atoms. The Morgan fingerprint density at radius 1 is 0.791 bits per heavy atom. The molecule has 0 bridgehead atoms. The van der Waals surface area contributed by atoms with Crippen LogP contribution in [0.2, 0.25) is 0 Å². The minimum absolute atomic E-state index is 0.00985. The topological polar surface area (TPSA) is 88.1 Å². The molecule has 3 aromatic carbocycles. The Hall–Kier alpha value is -4.47. The number of hydrogen-bond donors (Lipinski definition) is 0. The zero-order valence-electron chi connectivity index (χ0n) is 24.8. The van der Waals surface area contributed by atoms with Crippen molar-refractivity contribution in [3.05, 3.63) is 59.9 Å². The van der Waals surface area contributed by atoms with E-state index >= 15 is 0 Å². The van der Waals surface area contributed by atoms with Crippen LogP contribution in [-0.2, 0) is 0 Å². The van der Waals surface area contributed by atoms with Crippen molar-refractivity contribution in [2.24, 2.45) is 4.99 Å². The number of carbonyl (C=O) groups excluding carboxylic acids is 1. The van der Waals surface area contributed by atoms with Gasteiger partial charge in [-0.1, -0.05) is 0 Å². The van der Waals surface area contributed by atoms with Gasteiger partial charge in [0.15, 0.2) is 34.6 Å². The maximum absolute atomic E-state index is 14.4. The van der Waals surface area contributed by atoms with Gasteiger partial charge in [0, 0.05) is 31.0 Å². The first-order chi connectivity index (χ1) is 21.0. The lowest BCUT2D eigenvalue weighted by atomic mass is 10.1. The number of aliphatic imine (C=N–C) groups is 1. The predicted molar refractivity (Wildman–Crippen MR) is 161 cm³/mol. The zero-order valence-corrected chi connectivity index (χ0v) is 24.8. The molecule has 3 aromatic rings. The maximum atomic E-state index is 14.4. The number of rotatable bonds is 14. The van der Waals surface area contributed by atoms with Crippen LogP contribution in [-0.4, -0.2) is 64.2 Å². The van der Waals surface area contributed by atoms with Gasteiger partial charge in [0.05, 0.1) is 51.8 Å². The molecule has 1 saturated heterocycles. The summed E-state index contributed by atoms with van der Waals surface area (Å²) in [4.78, 5) is 19.5. The first-order valence-corrected chi connectivity index (χ1v) is 14.5. The summed E-state index contributed by atoms with van der Waals surface area (Å²) in [5.74, 6) is 2.66. The van der Waals surface area contributed by atoms with Gasteiger partial charge < -0.3 is 33.3 Å². The Labute approximate surface area is 251 Å². The molecule has 0 aromatic heterocycles. The molecule has 0 N–H and O–H groups in total. The van der Waals surface area contributed by atoms with E-state index in [-0.39, 0.29) is 17.7 Å². The number of methoxy groups -OCH3 is 3. The normalized spacial score (nSPS) is 15.4. The molecule has 5 rings (SSSR count). The number of carbonyl (C=O) groups is 1. The van der Waals surface area contributed by atoms with Crippen LogP contribution in [0.4, 0.5) is 10.1 Å². The van der Waals surface area contributed by atoms with Gasteiger partial charge in [0.2, 0.25) is 0 Å². The van der Waals surface area contributed by atoms with Crippen molar-refractivity contribution in [1.29, 1.82) is 0 Å². The van der Waals surface area contributed by atoms with Crippen LogP contribution in [0.3, 0.4) is 0 Å². The number of nitrogens with zero attached hydrogens (tertiary/aromatic N) is 2. The molecule has 0 unspecified atom stereocenters. The third-order valence-electron chi connectivity index (χ3n) is 7.51. The minimum atomic E-state index is -0.494. The second kappa shape index (κ2) is 14.1. The molecule has 2 heterocycles. The van der Waals surface area contributed by atoms with E-state index in [0.717, 1.165) is 45.1 Å². The average molecular weight is 593 g/mol. The summed E-state index contributed by atoms with van der Waals surface area (Å²) in [6.07, 6.45) is 7.36. The fourth-order valence-electron chi connectivity index (χ4n) is 5.21. The van der Waals surface area contributed by atoms with Crippen molar-refractivity contribution in [2.75, 3.05) is 41.1 Å². The van der Waals surface area contributed by atoms with Gasteiger partial charge in [-0.05, 0) is 68.9 Å². The highest BCUT2D eigenvalue weighted by atomic mass is 19.1. The van der Waals surface area contributed by atoms with E-state index in [1.54, 1.807) is 50.6 Å². The Bertz CT molecular complexity index is 1460. The molecule has 1 amide bonds. The van der Waals surface area contributed by atoms with Gasteiger partial charge in [-0.3, -0.25) is 9.79 Å². The van der Waals surface area contributed by atoms with Crippen molar-refractivity contribution in [2.45, 2.75) is 44.6 Å². The molecule has 2 aliphatic rings. The second-order valence-corrected chi connectivity index (χ2v) is 10.3. The first kappa shape index (κ1) is 30.0. The van der Waals surface area contributed by atoms with E-state index in [1.165, 1.54) is 19.2 Å². The Morgan fingerprint density at radius 3 is 2.26 bits per heavy atom. The third-order valence-corrected chi connectivity index (χ3v) is 7.51. The van der Waals surface area contributed by atoms with Crippen LogP contribution in [0, 0.1) is 5.82 Å². The molecule has 2 aliphatic heterocycles. The number of amides is 1. The Morgan fingerprint density at radius 2 is 1.49 bits per heavy atom. The molecule has 228 valence electrons. The number of hydrogen-bond acceptors (Lipinski definition) is 8. The van der Waals surface area contributed by atoms with Crippen molar-refractivity contribution >= 4 is 17.8 Å². The van der Waals surface area contributed by atoms with Gasteiger partial charge in [0.1, 0.15) is 11.5 Å². The highest BCUT2D eigenvalue weighted by Gasteiger charge is 2.32. The van der Waals surface area contributed by atoms with Crippen molar-refractivity contribution < 1.29 is 37.6 Å². The van der Waals surface area contributed by atoms with Gasteiger partial charge in [-0.15, -0.1) is 0 Å². The van der Waals surface area contributed by atoms with Gasteiger partial charge in [0.25, 0.3) is 5.91 Å². The largest absolute Gasteiger partial charge is 0.493 e. The van der Waals surface area contributed by atoms with Crippen LogP contribution in [0.15, 0.2) is 53.5 Å². The summed E-state index contributed by atoms with van der Waals surface area (Å²) >= 11 is 0. The van der Waals surface area contributed by atoms with E-state index in [9.17, 15) is 9.18 Å². The Balaban J connectivity index is 1.05. The average Bonchev–Trinajstić information content (AvgIpc) is 3.46. The van der Waals surface area contributed by atoms with Crippen LogP contribution in [0.1, 0.15) is 48.9 Å². The predicted octanol–water partition coefficient (Wildman–Crippen LogP) is 6.98. The number of ether oxygens (including phenoxy) is 6.